The van der Waals surface area contributed by atoms with Gasteiger partial charge >= 0.3 is 18.2 Å². The van der Waals surface area contributed by atoms with Crippen LogP contribution in [0.2, 0.25) is 0 Å². The SMILES string of the molecule is CCC(=O)N[C@@H](CO)COc1ccc([C@@H](O)CNC(=O)[C@H](CCC[C@@H]2OC(C)(C)O[C@H]2[C@H](Br)CCCCCCC[C@H](O)CCCCCCCCCCCCOC[C@H](CO)NC(=O)OCc2ccccc2)OC(=O)[C@](OC)(c2ccccc2)C(F)(F)F)cc1. The van der Waals surface area contributed by atoms with Crippen molar-refractivity contribution in [2.45, 2.75) is 234 Å². The Morgan fingerprint density at radius 1 is 0.693 bits per heavy atom. The summed E-state index contributed by atoms with van der Waals surface area (Å²) in [5.41, 5.74) is -2.84. The molecule has 22 heteroatoms. The lowest BCUT2D eigenvalue weighted by molar-refractivity contribution is -0.278. The van der Waals surface area contributed by atoms with Gasteiger partial charge in [-0.05, 0) is 82.1 Å². The first-order valence-electron chi connectivity index (χ1n) is 31.6. The van der Waals surface area contributed by atoms with Crippen molar-refractivity contribution in [3.63, 3.8) is 0 Å². The summed E-state index contributed by atoms with van der Waals surface area (Å²) < 4.78 is 84.6. The van der Waals surface area contributed by atoms with Crippen LogP contribution >= 0.6 is 15.9 Å². The summed E-state index contributed by atoms with van der Waals surface area (Å²) in [6, 6.07) is 20.7. The molecule has 4 rings (SSSR count). The monoisotopic (exact) mass is 1310 g/mol. The average molecular weight is 1310 g/mol. The van der Waals surface area contributed by atoms with Crippen molar-refractivity contribution < 1.29 is 85.9 Å². The van der Waals surface area contributed by atoms with Gasteiger partial charge in [-0.2, -0.15) is 13.2 Å². The maximum atomic E-state index is 15.0. The molecule has 1 heterocycles. The molecule has 0 aromatic heterocycles. The van der Waals surface area contributed by atoms with Gasteiger partial charge in [0.15, 0.2) is 11.9 Å². The van der Waals surface area contributed by atoms with Crippen molar-refractivity contribution in [3.05, 3.63) is 102 Å². The number of ether oxygens (including phenoxy) is 7. The first-order chi connectivity index (χ1) is 42.2. The number of alkyl carbamates (subject to hydrolysis) is 1. The fourth-order valence-electron chi connectivity index (χ4n) is 10.5. The van der Waals surface area contributed by atoms with Crippen LogP contribution in [0, 0.1) is 0 Å². The summed E-state index contributed by atoms with van der Waals surface area (Å²) >= 11 is 3.84. The van der Waals surface area contributed by atoms with Crippen LogP contribution < -0.4 is 20.7 Å². The fourth-order valence-corrected chi connectivity index (χ4v) is 11.2. The third kappa shape index (κ3) is 27.7. The zero-order valence-electron chi connectivity index (χ0n) is 52.0. The summed E-state index contributed by atoms with van der Waals surface area (Å²) in [7, 11) is 0.745. The Kier molecular flexibility index (Phi) is 35.6. The van der Waals surface area contributed by atoms with Gasteiger partial charge in [0.25, 0.3) is 11.5 Å². The van der Waals surface area contributed by atoms with E-state index in [2.05, 4.69) is 31.9 Å². The van der Waals surface area contributed by atoms with Gasteiger partial charge in [0.1, 0.15) is 19.0 Å². The number of hydrogen-bond acceptors (Lipinski definition) is 15. The number of benzene rings is 3. The highest BCUT2D eigenvalue weighted by molar-refractivity contribution is 9.09. The number of methoxy groups -OCH3 is 1. The highest BCUT2D eigenvalue weighted by atomic mass is 79.9. The maximum Gasteiger partial charge on any atom is 0.432 e. The molecule has 18 nitrogen and oxygen atoms in total. The van der Waals surface area contributed by atoms with Gasteiger partial charge in [-0.15, -0.1) is 0 Å². The van der Waals surface area contributed by atoms with Crippen LogP contribution in [-0.4, -0.2) is 144 Å². The van der Waals surface area contributed by atoms with Crippen LogP contribution in [-0.2, 0) is 55.0 Å². The van der Waals surface area contributed by atoms with E-state index in [4.69, 9.17) is 33.2 Å². The minimum absolute atomic E-state index is 0.0179. The second kappa shape index (κ2) is 41.5. The zero-order valence-corrected chi connectivity index (χ0v) is 53.6. The molecule has 1 fully saturated rings. The molecule has 496 valence electrons. The lowest BCUT2D eigenvalue weighted by Gasteiger charge is -2.33. The van der Waals surface area contributed by atoms with E-state index < -0.39 is 77.6 Å². The summed E-state index contributed by atoms with van der Waals surface area (Å²) in [5.74, 6) is -3.59. The minimum atomic E-state index is -5.29. The molecule has 1 aliphatic heterocycles. The van der Waals surface area contributed by atoms with E-state index in [-0.39, 0.29) is 75.7 Å². The fraction of sp³-hybridized carbons (Fsp3) is 0.667. The van der Waals surface area contributed by atoms with Crippen LogP contribution in [0.15, 0.2) is 84.9 Å². The van der Waals surface area contributed by atoms with E-state index in [9.17, 15) is 52.8 Å². The minimum Gasteiger partial charge on any atom is -0.491 e. The first-order valence-corrected chi connectivity index (χ1v) is 32.5. The zero-order chi connectivity index (χ0) is 64.2. The average Bonchev–Trinajstić information content (AvgIpc) is 1.00. The number of halogens is 4. The molecule has 88 heavy (non-hydrogen) atoms. The lowest BCUT2D eigenvalue weighted by atomic mass is 9.92. The second-order valence-corrected chi connectivity index (χ2v) is 24.3. The van der Waals surface area contributed by atoms with Crippen LogP contribution in [0.3, 0.4) is 0 Å². The Morgan fingerprint density at radius 3 is 1.82 bits per heavy atom. The third-order valence-electron chi connectivity index (χ3n) is 15.5. The Bertz CT molecular complexity index is 2400. The molecule has 0 radical (unpaired) electrons. The molecule has 0 aliphatic carbocycles. The number of hydrogen-bond donors (Lipinski definition) is 7. The quantitative estimate of drug-likeness (QED) is 0.0158. The number of carbonyl (C=O) groups excluding carboxylic acids is 4. The van der Waals surface area contributed by atoms with Gasteiger partial charge in [-0.1, -0.05) is 186 Å². The van der Waals surface area contributed by atoms with Crippen LogP contribution in [0.5, 0.6) is 5.75 Å². The van der Waals surface area contributed by atoms with Crippen LogP contribution in [0.1, 0.15) is 185 Å². The van der Waals surface area contributed by atoms with E-state index in [1.54, 1.807) is 45.0 Å². The Hall–Kier alpha value is -4.91. The number of aliphatic hydroxyl groups is 4. The van der Waals surface area contributed by atoms with Crippen molar-refractivity contribution in [3.8, 4) is 5.75 Å². The normalized spacial score (nSPS) is 17.6. The second-order valence-electron chi connectivity index (χ2n) is 23.2. The van der Waals surface area contributed by atoms with Gasteiger partial charge in [-0.3, -0.25) is 9.59 Å². The number of alkyl halides is 4. The van der Waals surface area contributed by atoms with E-state index in [1.165, 1.54) is 50.3 Å². The number of amides is 3. The number of rotatable bonds is 46. The summed E-state index contributed by atoms with van der Waals surface area (Å²) in [4.78, 5) is 51.5. The van der Waals surface area contributed by atoms with E-state index in [1.807, 2.05) is 30.3 Å². The molecular weight excluding hydrogens is 1210 g/mol. The van der Waals surface area contributed by atoms with Crippen LogP contribution in [0.4, 0.5) is 18.0 Å². The van der Waals surface area contributed by atoms with Gasteiger partial charge < -0.3 is 69.5 Å². The van der Waals surface area contributed by atoms with E-state index >= 15 is 0 Å². The smallest absolute Gasteiger partial charge is 0.432 e. The van der Waals surface area contributed by atoms with Crippen molar-refractivity contribution >= 4 is 39.8 Å². The lowest BCUT2D eigenvalue weighted by Crippen LogP contribution is -2.53. The first kappa shape index (κ1) is 75.5. The molecule has 0 unspecified atom stereocenters. The van der Waals surface area contributed by atoms with E-state index in [0.29, 0.717) is 24.3 Å². The molecule has 0 saturated carbocycles. The Balaban J connectivity index is 1.12. The molecule has 9 atom stereocenters. The molecule has 1 saturated heterocycles. The summed E-state index contributed by atoms with van der Waals surface area (Å²) in [6.07, 6.45) is 8.99. The molecule has 3 aromatic rings. The summed E-state index contributed by atoms with van der Waals surface area (Å²) in [6.45, 7) is 5.26. The molecule has 0 spiro atoms. The third-order valence-corrected chi connectivity index (χ3v) is 16.5. The molecule has 1 aliphatic rings. The molecule has 3 amide bonds. The Labute approximate surface area is 527 Å². The van der Waals surface area contributed by atoms with Gasteiger partial charge in [0.05, 0.1) is 56.3 Å². The molecule has 3 aromatic carbocycles. The van der Waals surface area contributed by atoms with Gasteiger partial charge in [0, 0.05) is 37.1 Å². The van der Waals surface area contributed by atoms with Crippen molar-refractivity contribution in [1.82, 2.24) is 16.0 Å². The highest BCUT2D eigenvalue weighted by Gasteiger charge is 2.64. The van der Waals surface area contributed by atoms with Gasteiger partial charge in [0.2, 0.25) is 5.91 Å². The largest absolute Gasteiger partial charge is 0.491 e. The molecule has 7 N–H and O–H groups in total. The van der Waals surface area contributed by atoms with E-state index in [0.717, 1.165) is 108 Å². The number of unbranched alkanes of at least 4 members (excludes halogenated alkanes) is 13. The highest BCUT2D eigenvalue weighted by Crippen LogP contribution is 2.44. The van der Waals surface area contributed by atoms with Gasteiger partial charge in [-0.25, -0.2) is 9.59 Å². The van der Waals surface area contributed by atoms with Crippen molar-refractivity contribution in [2.75, 3.05) is 46.7 Å². The Morgan fingerprint density at radius 2 is 1.25 bits per heavy atom. The van der Waals surface area contributed by atoms with Crippen molar-refractivity contribution in [2.24, 2.45) is 0 Å². The maximum absolute atomic E-state index is 15.0. The molecular formula is C66H99BrF3N3O15. The van der Waals surface area contributed by atoms with Crippen molar-refractivity contribution in [1.29, 1.82) is 0 Å². The predicted molar refractivity (Wildman–Crippen MR) is 331 cm³/mol. The molecule has 0 bridgehead atoms. The number of aliphatic hydroxyl groups excluding tert-OH is 4. The predicted octanol–water partition coefficient (Wildman–Crippen LogP) is 11.3. The number of esters is 1. The number of carbonyl (C=O) groups is 4. The summed E-state index contributed by atoms with van der Waals surface area (Å²) in [5, 5.41) is 48.8. The van der Waals surface area contributed by atoms with Crippen LogP contribution in [0.25, 0.3) is 0 Å². The topological polar surface area (TPSA) is 250 Å². The standard InChI is InChI=1S/C66H99BrF3N3O15/c1-5-59(78)72-52(44-75)47-84-54-39-37-49(38-40-54)56(77)42-71-61(79)58(86-62(80)65(82-4,66(68,69)70)50-30-21-18-22-31-50)36-27-35-57-60(88-64(2,3)87-57)55(67)34-25-15-12-14-24-33-53(76)32-23-13-10-8-6-7-9-11-16-26-41-83-46-51(43-74)73-63(81)85-45-48-28-19-17-20-29-48/h17-22,28-31,37-40,51-53,55-58,60,74-77H,5-16,23-27,32-36,41-47H2,1-4H3,(H,71,79)(H,72,78)(H,73,81)/t51-,52-,53+,55+,56-,57-,58-,60-,65+/m0/s1. The number of nitrogens with one attached hydrogen (secondary N) is 3.